The molecule has 0 heterocycles. The molecule has 164 valence electrons. The molecule has 1 rings (SSSR count). The highest BCUT2D eigenvalue weighted by molar-refractivity contribution is 6.73. The van der Waals surface area contributed by atoms with E-state index >= 15 is 0 Å². The molecule has 29 heavy (non-hydrogen) atoms. The van der Waals surface area contributed by atoms with Crippen molar-refractivity contribution in [1.82, 2.24) is 5.32 Å². The molecule has 0 aliphatic rings. The van der Waals surface area contributed by atoms with Crippen LogP contribution in [0.1, 0.15) is 54.0 Å². The first kappa shape index (κ1) is 25.2. The topological polar surface area (TPSA) is 73.6 Å². The van der Waals surface area contributed by atoms with E-state index in [9.17, 15) is 10.0 Å². The fourth-order valence-corrected chi connectivity index (χ4v) is 6.12. The number of carbonyl (C=O) groups is 1. The molecular weight excluding hydrogens is 384 g/mol. The summed E-state index contributed by atoms with van der Waals surface area (Å²) < 4.78 is 12.7. The van der Waals surface area contributed by atoms with Gasteiger partial charge in [-0.25, -0.2) is 9.53 Å². The van der Waals surface area contributed by atoms with Crippen LogP contribution in [0.5, 0.6) is 0 Å². The number of hydrogen-bond donors (Lipinski definition) is 1. The van der Waals surface area contributed by atoms with E-state index in [0.717, 1.165) is 28.4 Å². The Bertz CT molecular complexity index is 646. The van der Waals surface area contributed by atoms with E-state index in [1.165, 1.54) is 6.21 Å². The molecular formula is C22H38N2O4Si. The van der Waals surface area contributed by atoms with Crippen LogP contribution in [0.15, 0.2) is 30.3 Å². The number of rotatable bonds is 10. The van der Waals surface area contributed by atoms with Crippen molar-refractivity contribution in [3.63, 3.8) is 0 Å². The summed E-state index contributed by atoms with van der Waals surface area (Å²) in [6.07, 6.45) is 0.599. The van der Waals surface area contributed by atoms with Crippen molar-refractivity contribution in [3.8, 4) is 0 Å². The molecule has 0 saturated heterocycles. The van der Waals surface area contributed by atoms with E-state index in [2.05, 4.69) is 26.1 Å². The molecule has 0 bridgehead atoms. The van der Waals surface area contributed by atoms with E-state index < -0.39 is 26.1 Å². The van der Waals surface area contributed by atoms with Gasteiger partial charge in [-0.2, -0.15) is 0 Å². The molecule has 1 amide bonds. The van der Waals surface area contributed by atoms with Crippen LogP contribution in [-0.2, 0) is 15.7 Å². The van der Waals surface area contributed by atoms with Crippen LogP contribution in [0.2, 0.25) is 18.1 Å². The second kappa shape index (κ2) is 11.4. The van der Waals surface area contributed by atoms with Crippen molar-refractivity contribution in [1.29, 1.82) is 0 Å². The third kappa shape index (κ3) is 9.00. The minimum Gasteiger partial charge on any atom is -0.624 e. The van der Waals surface area contributed by atoms with Gasteiger partial charge in [-0.3, -0.25) is 0 Å². The fraction of sp³-hybridized carbons (Fsp3) is 0.636. The van der Waals surface area contributed by atoms with E-state index in [0.29, 0.717) is 0 Å². The Morgan fingerprint density at radius 1 is 1.17 bits per heavy atom. The molecule has 1 N–H and O–H groups in total. The first-order valence-electron chi connectivity index (χ1n) is 10.5. The highest BCUT2D eigenvalue weighted by Crippen LogP contribution is 2.24. The van der Waals surface area contributed by atoms with E-state index in [1.807, 2.05) is 58.0 Å². The smallest absolute Gasteiger partial charge is 0.408 e. The second-order valence-electron chi connectivity index (χ2n) is 8.45. The van der Waals surface area contributed by atoms with Crippen LogP contribution >= 0.6 is 0 Å². The fourth-order valence-electron chi connectivity index (χ4n) is 3.18. The summed E-state index contributed by atoms with van der Waals surface area (Å²) in [6.45, 7) is 14.0. The van der Waals surface area contributed by atoms with Gasteiger partial charge in [0.05, 0.1) is 6.10 Å². The Morgan fingerprint density at radius 3 is 2.21 bits per heavy atom. The number of hydrogen-bond acceptors (Lipinski definition) is 4. The van der Waals surface area contributed by atoms with Crippen LogP contribution in [0.3, 0.4) is 0 Å². The number of benzene rings is 1. The Morgan fingerprint density at radius 2 is 1.72 bits per heavy atom. The minimum atomic E-state index is -1.90. The third-order valence-electron chi connectivity index (χ3n) is 5.07. The first-order valence-corrected chi connectivity index (χ1v) is 13.1. The average Bonchev–Trinajstić information content (AvgIpc) is 2.65. The standard InChI is InChI=1S/C22H38N2O4Si/c1-8-29(9-2,10-3)28-18(4)20(23-21(25)27-22(5,6)7)17-24(26)16-19-14-12-11-13-15-19/h11-15,17-18,20H,8-10,16H2,1-7H3,(H,23,25)/b24-17-/t18-,20-/m1/s1. The largest absolute Gasteiger partial charge is 0.624 e. The van der Waals surface area contributed by atoms with Crippen molar-refractivity contribution in [2.24, 2.45) is 0 Å². The van der Waals surface area contributed by atoms with E-state index in [1.54, 1.807) is 0 Å². The van der Waals surface area contributed by atoms with Crippen LogP contribution < -0.4 is 5.32 Å². The zero-order chi connectivity index (χ0) is 22.1. The summed E-state index contributed by atoms with van der Waals surface area (Å²) in [4.78, 5) is 12.4. The molecule has 0 saturated carbocycles. The summed E-state index contributed by atoms with van der Waals surface area (Å²) in [5, 5.41) is 15.4. The number of amides is 1. The predicted octanol–water partition coefficient (Wildman–Crippen LogP) is 5.07. The highest BCUT2D eigenvalue weighted by Gasteiger charge is 2.34. The highest BCUT2D eigenvalue weighted by atomic mass is 28.4. The summed E-state index contributed by atoms with van der Waals surface area (Å²) in [6, 6.07) is 11.9. The number of nitrogens with one attached hydrogen (secondary N) is 1. The van der Waals surface area contributed by atoms with Gasteiger partial charge in [-0.05, 0) is 45.8 Å². The zero-order valence-corrected chi connectivity index (χ0v) is 20.0. The number of carbonyl (C=O) groups excluding carboxylic acids is 1. The van der Waals surface area contributed by atoms with Crippen LogP contribution in [0.4, 0.5) is 4.79 Å². The third-order valence-corrected chi connectivity index (χ3v) is 9.80. The Labute approximate surface area is 177 Å². The van der Waals surface area contributed by atoms with Crippen LogP contribution in [0, 0.1) is 5.21 Å². The van der Waals surface area contributed by atoms with Crippen LogP contribution in [-0.4, -0.2) is 43.1 Å². The normalized spacial score (nSPS) is 14.9. The molecule has 0 aromatic heterocycles. The lowest BCUT2D eigenvalue weighted by atomic mass is 10.2. The molecule has 6 nitrogen and oxygen atoms in total. The molecule has 0 radical (unpaired) electrons. The van der Waals surface area contributed by atoms with Gasteiger partial charge in [-0.15, -0.1) is 0 Å². The monoisotopic (exact) mass is 422 g/mol. The van der Waals surface area contributed by atoms with Gasteiger partial charge < -0.3 is 19.7 Å². The van der Waals surface area contributed by atoms with Gasteiger partial charge in [0.15, 0.2) is 21.1 Å². The van der Waals surface area contributed by atoms with Crippen molar-refractivity contribution in [2.75, 3.05) is 0 Å². The second-order valence-corrected chi connectivity index (χ2v) is 13.2. The predicted molar refractivity (Wildman–Crippen MR) is 121 cm³/mol. The minimum absolute atomic E-state index is 0.206. The van der Waals surface area contributed by atoms with Gasteiger partial charge in [0.25, 0.3) is 0 Å². The molecule has 0 spiro atoms. The average molecular weight is 423 g/mol. The molecule has 0 fully saturated rings. The van der Waals surface area contributed by atoms with Gasteiger partial charge in [-0.1, -0.05) is 51.1 Å². The maximum absolute atomic E-state index is 12.6. The summed E-state index contributed by atoms with van der Waals surface area (Å²) >= 11 is 0. The van der Waals surface area contributed by atoms with E-state index in [4.69, 9.17) is 9.16 Å². The number of alkyl carbamates (subject to hydrolysis) is 1. The summed E-state index contributed by atoms with van der Waals surface area (Å²) in [5.74, 6) is 0. The quantitative estimate of drug-likeness (QED) is 0.188. The maximum atomic E-state index is 12.6. The Hall–Kier alpha value is -1.86. The van der Waals surface area contributed by atoms with Gasteiger partial charge in [0.1, 0.15) is 11.6 Å². The molecule has 1 aromatic carbocycles. The lowest BCUT2D eigenvalue weighted by Crippen LogP contribution is -2.51. The molecule has 2 atom stereocenters. The summed E-state index contributed by atoms with van der Waals surface area (Å²) in [7, 11) is -1.90. The van der Waals surface area contributed by atoms with Crippen molar-refractivity contribution in [2.45, 2.75) is 90.9 Å². The van der Waals surface area contributed by atoms with Crippen LogP contribution in [0.25, 0.3) is 0 Å². The lowest BCUT2D eigenvalue weighted by Gasteiger charge is -2.34. The lowest BCUT2D eigenvalue weighted by molar-refractivity contribution is -0.471. The van der Waals surface area contributed by atoms with Crippen molar-refractivity contribution >= 4 is 20.6 Å². The molecule has 0 aliphatic heterocycles. The number of ether oxygens (including phenoxy) is 1. The maximum Gasteiger partial charge on any atom is 0.408 e. The van der Waals surface area contributed by atoms with E-state index in [-0.39, 0.29) is 12.6 Å². The summed E-state index contributed by atoms with van der Waals surface area (Å²) in [5.41, 5.74) is 0.289. The van der Waals surface area contributed by atoms with Gasteiger partial charge in [0.2, 0.25) is 0 Å². The molecule has 0 unspecified atom stereocenters. The van der Waals surface area contributed by atoms with Crippen molar-refractivity contribution < 1.29 is 18.7 Å². The molecule has 1 aromatic rings. The SMILES string of the molecule is CC[Si](CC)(CC)O[C@H](C)[C@@H](/C=[N+](\[O-])Cc1ccccc1)NC(=O)OC(C)(C)C. The number of nitrogens with zero attached hydrogens (tertiary/aromatic N) is 1. The zero-order valence-electron chi connectivity index (χ0n) is 19.0. The Balaban J connectivity index is 3.03. The molecule has 0 aliphatic carbocycles. The van der Waals surface area contributed by atoms with Gasteiger partial charge >= 0.3 is 6.09 Å². The molecule has 7 heteroatoms. The number of hydroxylamine groups is 1. The first-order chi connectivity index (χ1) is 13.5. The Kier molecular flexibility index (Phi) is 9.86. The van der Waals surface area contributed by atoms with Crippen molar-refractivity contribution in [3.05, 3.63) is 41.1 Å². The van der Waals surface area contributed by atoms with Gasteiger partial charge in [0, 0.05) is 5.56 Å².